The van der Waals surface area contributed by atoms with Crippen LogP contribution in [0.3, 0.4) is 0 Å². The van der Waals surface area contributed by atoms with Gasteiger partial charge in [-0.3, -0.25) is 0 Å². The fourth-order valence-electron chi connectivity index (χ4n) is 1.15. The molecule has 0 aliphatic rings. The lowest BCUT2D eigenvalue weighted by Gasteiger charge is -2.25. The summed E-state index contributed by atoms with van der Waals surface area (Å²) in [6.45, 7) is 4.54. The van der Waals surface area contributed by atoms with Crippen molar-refractivity contribution in [2.75, 3.05) is 6.61 Å². The molecule has 0 aliphatic carbocycles. The fourth-order valence-corrected chi connectivity index (χ4v) is 1.48. The van der Waals surface area contributed by atoms with Crippen molar-refractivity contribution in [1.29, 1.82) is 0 Å². The molecule has 2 heteroatoms. The summed E-state index contributed by atoms with van der Waals surface area (Å²) in [5.74, 6) is 0. The maximum atomic E-state index is 8.71. The van der Waals surface area contributed by atoms with Gasteiger partial charge in [0.15, 0.2) is 0 Å². The van der Waals surface area contributed by atoms with Gasteiger partial charge in [-0.2, -0.15) is 12.6 Å². The number of aliphatic hydroxyl groups is 1. The molecule has 0 aliphatic heterocycles. The first-order valence-corrected chi connectivity index (χ1v) is 4.46. The number of aliphatic hydroxyl groups excluding tert-OH is 1. The summed E-state index contributed by atoms with van der Waals surface area (Å²) in [6.07, 6.45) is 4.12. The molecule has 0 heterocycles. The zero-order valence-electron chi connectivity index (χ0n) is 6.93. The van der Waals surface area contributed by atoms with Crippen molar-refractivity contribution in [1.82, 2.24) is 0 Å². The first kappa shape index (κ1) is 10.3. The quantitative estimate of drug-likeness (QED) is 0.594. The fraction of sp³-hybridized carbons (Fsp3) is 1.00. The van der Waals surface area contributed by atoms with Gasteiger partial charge in [-0.1, -0.05) is 20.3 Å². The molecule has 10 heavy (non-hydrogen) atoms. The molecule has 1 N–H and O–H groups in total. The molecule has 62 valence electrons. The third-order valence-corrected chi connectivity index (χ3v) is 2.71. The molecule has 0 aromatic carbocycles. The normalized spacial score (nSPS) is 16.8. The molecule has 0 radical (unpaired) electrons. The lowest BCUT2D eigenvalue weighted by Crippen LogP contribution is -2.21. The number of hydrogen-bond acceptors (Lipinski definition) is 2. The molecule has 1 atom stereocenters. The van der Waals surface area contributed by atoms with E-state index in [0.29, 0.717) is 0 Å². The van der Waals surface area contributed by atoms with Crippen molar-refractivity contribution >= 4 is 12.6 Å². The van der Waals surface area contributed by atoms with Crippen LogP contribution in [0.2, 0.25) is 0 Å². The predicted molar refractivity (Wildman–Crippen MR) is 48.6 cm³/mol. The molecule has 0 spiro atoms. The van der Waals surface area contributed by atoms with Crippen molar-refractivity contribution in [2.45, 2.75) is 44.3 Å². The molecule has 0 saturated carbocycles. The van der Waals surface area contributed by atoms with Crippen molar-refractivity contribution < 1.29 is 5.11 Å². The van der Waals surface area contributed by atoms with Crippen LogP contribution in [0, 0.1) is 0 Å². The summed E-state index contributed by atoms with van der Waals surface area (Å²) >= 11 is 4.52. The number of thiol groups is 1. The van der Waals surface area contributed by atoms with Gasteiger partial charge in [0, 0.05) is 11.4 Å². The van der Waals surface area contributed by atoms with Gasteiger partial charge in [0.05, 0.1) is 0 Å². The maximum absolute atomic E-state index is 8.71. The Bertz CT molecular complexity index is 77.3. The minimum atomic E-state index is 0.0868. The van der Waals surface area contributed by atoms with Crippen LogP contribution in [0.15, 0.2) is 0 Å². The summed E-state index contributed by atoms with van der Waals surface area (Å²) in [4.78, 5) is 0. The second-order valence-corrected chi connectivity index (χ2v) is 3.75. The van der Waals surface area contributed by atoms with E-state index in [1.807, 2.05) is 0 Å². The third-order valence-electron chi connectivity index (χ3n) is 1.95. The summed E-state index contributed by atoms with van der Waals surface area (Å²) in [5, 5.41) is 8.71. The van der Waals surface area contributed by atoms with Gasteiger partial charge < -0.3 is 5.11 Å². The Morgan fingerprint density at radius 3 is 2.20 bits per heavy atom. The highest BCUT2D eigenvalue weighted by Crippen LogP contribution is 2.28. The highest BCUT2D eigenvalue weighted by molar-refractivity contribution is 7.81. The van der Waals surface area contributed by atoms with Crippen LogP contribution >= 0.6 is 12.6 Å². The van der Waals surface area contributed by atoms with E-state index in [4.69, 9.17) is 5.11 Å². The molecule has 0 amide bonds. The predicted octanol–water partition coefficient (Wildman–Crippen LogP) is 2.25. The lowest BCUT2D eigenvalue weighted by molar-refractivity contribution is 0.262. The average molecular weight is 162 g/mol. The van der Waals surface area contributed by atoms with Crippen molar-refractivity contribution in [3.05, 3.63) is 0 Å². The van der Waals surface area contributed by atoms with E-state index in [9.17, 15) is 0 Å². The lowest BCUT2D eigenvalue weighted by atomic mass is 9.96. The summed E-state index contributed by atoms with van der Waals surface area (Å²) in [6, 6.07) is 0. The van der Waals surface area contributed by atoms with Gasteiger partial charge in [0.1, 0.15) is 0 Å². The number of rotatable bonds is 5. The van der Waals surface area contributed by atoms with Crippen LogP contribution < -0.4 is 0 Å². The Morgan fingerprint density at radius 2 is 1.90 bits per heavy atom. The van der Waals surface area contributed by atoms with Crippen molar-refractivity contribution in [2.24, 2.45) is 0 Å². The van der Waals surface area contributed by atoms with Crippen LogP contribution in [0.25, 0.3) is 0 Å². The zero-order valence-corrected chi connectivity index (χ0v) is 7.82. The minimum absolute atomic E-state index is 0.0868. The first-order chi connectivity index (χ1) is 4.68. The van der Waals surface area contributed by atoms with Gasteiger partial charge in [-0.15, -0.1) is 0 Å². The Kier molecular flexibility index (Phi) is 5.18. The largest absolute Gasteiger partial charge is 0.396 e. The SMILES string of the molecule is CCC[C@@](S)(CC)CCO. The van der Waals surface area contributed by atoms with Crippen molar-refractivity contribution in [3.63, 3.8) is 0 Å². The topological polar surface area (TPSA) is 20.2 Å². The van der Waals surface area contributed by atoms with E-state index in [1.54, 1.807) is 0 Å². The van der Waals surface area contributed by atoms with Gasteiger partial charge >= 0.3 is 0 Å². The molecule has 0 bridgehead atoms. The van der Waals surface area contributed by atoms with E-state index >= 15 is 0 Å². The summed E-state index contributed by atoms with van der Waals surface area (Å²) in [7, 11) is 0. The van der Waals surface area contributed by atoms with E-state index in [1.165, 1.54) is 0 Å². The molecule has 0 aromatic rings. The second kappa shape index (κ2) is 5.03. The van der Waals surface area contributed by atoms with E-state index in [-0.39, 0.29) is 11.4 Å². The molecule has 0 rings (SSSR count). The molecular weight excluding hydrogens is 144 g/mol. The van der Waals surface area contributed by atoms with Crippen LogP contribution in [0.5, 0.6) is 0 Å². The molecule has 0 unspecified atom stereocenters. The molecule has 0 fully saturated rings. The third kappa shape index (κ3) is 3.47. The van der Waals surface area contributed by atoms with Gasteiger partial charge in [-0.05, 0) is 19.3 Å². The zero-order chi connectivity index (χ0) is 8.04. The van der Waals surface area contributed by atoms with Gasteiger partial charge in [0.2, 0.25) is 0 Å². The highest BCUT2D eigenvalue weighted by Gasteiger charge is 2.20. The molecule has 0 saturated heterocycles. The maximum Gasteiger partial charge on any atom is 0.0444 e. The average Bonchev–Trinajstić information content (AvgIpc) is 1.89. The summed E-state index contributed by atoms with van der Waals surface area (Å²) < 4.78 is 0.0868. The van der Waals surface area contributed by atoms with E-state index < -0.39 is 0 Å². The first-order valence-electron chi connectivity index (χ1n) is 4.01. The van der Waals surface area contributed by atoms with E-state index in [2.05, 4.69) is 26.5 Å². The van der Waals surface area contributed by atoms with Crippen LogP contribution in [-0.4, -0.2) is 16.5 Å². The monoisotopic (exact) mass is 162 g/mol. The number of hydrogen-bond donors (Lipinski definition) is 2. The van der Waals surface area contributed by atoms with Crippen LogP contribution in [0.1, 0.15) is 39.5 Å². The van der Waals surface area contributed by atoms with Crippen LogP contribution in [-0.2, 0) is 0 Å². The second-order valence-electron chi connectivity index (χ2n) is 2.80. The standard InChI is InChI=1S/C8H18OS/c1-3-5-8(10,4-2)6-7-9/h9-10H,3-7H2,1-2H3/t8-/m0/s1. The van der Waals surface area contributed by atoms with Gasteiger partial charge in [0.25, 0.3) is 0 Å². The summed E-state index contributed by atoms with van der Waals surface area (Å²) in [5.41, 5.74) is 0. The Labute approximate surface area is 69.2 Å². The Hall–Kier alpha value is 0.310. The minimum Gasteiger partial charge on any atom is -0.396 e. The van der Waals surface area contributed by atoms with E-state index in [0.717, 1.165) is 25.7 Å². The van der Waals surface area contributed by atoms with Crippen molar-refractivity contribution in [3.8, 4) is 0 Å². The van der Waals surface area contributed by atoms with Gasteiger partial charge in [-0.25, -0.2) is 0 Å². The smallest absolute Gasteiger partial charge is 0.0444 e. The van der Waals surface area contributed by atoms with Crippen LogP contribution in [0.4, 0.5) is 0 Å². The Morgan fingerprint density at radius 1 is 1.30 bits per heavy atom. The molecular formula is C8H18OS. The molecule has 1 nitrogen and oxygen atoms in total. The highest BCUT2D eigenvalue weighted by atomic mass is 32.1. The molecule has 0 aromatic heterocycles. The Balaban J connectivity index is 3.69.